The minimum Gasteiger partial charge on any atom is -0.497 e. The number of ether oxygens (including phenoxy) is 2. The van der Waals surface area contributed by atoms with E-state index >= 15 is 0 Å². The van der Waals surface area contributed by atoms with Crippen molar-refractivity contribution in [3.8, 4) is 23.2 Å². The lowest BCUT2D eigenvalue weighted by molar-refractivity contribution is -0.111. The minimum absolute atomic E-state index is 0.232. The Hall–Kier alpha value is -4.46. The summed E-state index contributed by atoms with van der Waals surface area (Å²) in [7, 11) is 1.61. The maximum atomic E-state index is 12.2. The van der Waals surface area contributed by atoms with Gasteiger partial charge in [-0.1, -0.05) is 12.1 Å². The van der Waals surface area contributed by atoms with Gasteiger partial charge in [-0.3, -0.25) is 4.79 Å². The summed E-state index contributed by atoms with van der Waals surface area (Å²) in [5.74, 6) is 2.10. The molecular formula is C23H19N5O3. The average molecular weight is 413 g/mol. The van der Waals surface area contributed by atoms with Crippen molar-refractivity contribution in [2.24, 2.45) is 0 Å². The third kappa shape index (κ3) is 5.33. The summed E-state index contributed by atoms with van der Waals surface area (Å²) >= 11 is 0. The highest BCUT2D eigenvalue weighted by atomic mass is 16.5. The van der Waals surface area contributed by atoms with Crippen molar-refractivity contribution in [1.82, 2.24) is 19.7 Å². The molecule has 2 aromatic heterocycles. The lowest BCUT2D eigenvalue weighted by Gasteiger charge is -2.07. The van der Waals surface area contributed by atoms with Crippen LogP contribution in [0.3, 0.4) is 0 Å². The zero-order chi connectivity index (χ0) is 21.5. The molecule has 4 rings (SSSR count). The van der Waals surface area contributed by atoms with Crippen molar-refractivity contribution in [3.05, 3.63) is 91.0 Å². The zero-order valence-corrected chi connectivity index (χ0v) is 16.7. The summed E-state index contributed by atoms with van der Waals surface area (Å²) in [5.41, 5.74) is 1.55. The number of nitrogens with zero attached hydrogens (tertiary/aromatic N) is 4. The highest BCUT2D eigenvalue weighted by molar-refractivity contribution is 6.01. The molecule has 0 aliphatic carbocycles. The predicted octanol–water partition coefficient (Wildman–Crippen LogP) is 4.12. The van der Waals surface area contributed by atoms with E-state index in [-0.39, 0.29) is 5.91 Å². The number of carbonyl (C=O) groups excluding carboxylic acids is 1. The molecule has 0 atom stereocenters. The second kappa shape index (κ2) is 9.36. The Balaban J connectivity index is 1.35. The molecule has 31 heavy (non-hydrogen) atoms. The Morgan fingerprint density at radius 3 is 2.52 bits per heavy atom. The van der Waals surface area contributed by atoms with Crippen LogP contribution in [0.15, 0.2) is 85.5 Å². The number of hydrogen-bond acceptors (Lipinski definition) is 6. The van der Waals surface area contributed by atoms with Crippen LogP contribution in [0, 0.1) is 0 Å². The van der Waals surface area contributed by atoms with Crippen molar-refractivity contribution in [2.45, 2.75) is 0 Å². The molecule has 0 bridgehead atoms. The predicted molar refractivity (Wildman–Crippen MR) is 116 cm³/mol. The fraction of sp³-hybridized carbons (Fsp3) is 0.0435. The molecule has 0 aliphatic heterocycles. The van der Waals surface area contributed by atoms with Crippen LogP contribution in [0.2, 0.25) is 0 Å². The molecule has 1 N–H and O–H groups in total. The van der Waals surface area contributed by atoms with E-state index in [1.54, 1.807) is 60.6 Å². The molecule has 4 aromatic rings. The number of benzene rings is 2. The molecule has 8 heteroatoms. The van der Waals surface area contributed by atoms with E-state index in [1.165, 1.54) is 12.4 Å². The van der Waals surface area contributed by atoms with Gasteiger partial charge in [-0.05, 0) is 54.1 Å². The van der Waals surface area contributed by atoms with E-state index < -0.39 is 0 Å². The van der Waals surface area contributed by atoms with Gasteiger partial charge in [0.25, 0.3) is 0 Å². The van der Waals surface area contributed by atoms with E-state index in [0.29, 0.717) is 23.1 Å². The highest BCUT2D eigenvalue weighted by Gasteiger charge is 2.05. The smallest absolute Gasteiger partial charge is 0.248 e. The van der Waals surface area contributed by atoms with Crippen LogP contribution in [-0.2, 0) is 4.79 Å². The topological polar surface area (TPSA) is 91.2 Å². The van der Waals surface area contributed by atoms with Crippen LogP contribution >= 0.6 is 0 Å². The first-order valence-electron chi connectivity index (χ1n) is 9.43. The van der Waals surface area contributed by atoms with Crippen LogP contribution in [0.5, 0.6) is 17.4 Å². The fourth-order valence-electron chi connectivity index (χ4n) is 2.71. The van der Waals surface area contributed by atoms with Crippen LogP contribution in [0.1, 0.15) is 5.56 Å². The van der Waals surface area contributed by atoms with Gasteiger partial charge in [-0.25, -0.2) is 14.6 Å². The third-order valence-electron chi connectivity index (χ3n) is 4.25. The van der Waals surface area contributed by atoms with Crippen LogP contribution in [-0.4, -0.2) is 32.8 Å². The average Bonchev–Trinajstić information content (AvgIpc) is 3.35. The molecule has 0 spiro atoms. The van der Waals surface area contributed by atoms with Crippen molar-refractivity contribution >= 4 is 17.7 Å². The maximum Gasteiger partial charge on any atom is 0.248 e. The van der Waals surface area contributed by atoms with Crippen LogP contribution < -0.4 is 14.8 Å². The van der Waals surface area contributed by atoms with Gasteiger partial charge >= 0.3 is 0 Å². The summed E-state index contributed by atoms with van der Waals surface area (Å²) in [6.45, 7) is 0. The van der Waals surface area contributed by atoms with E-state index in [2.05, 4.69) is 20.4 Å². The molecule has 154 valence electrons. The van der Waals surface area contributed by atoms with Crippen molar-refractivity contribution in [3.63, 3.8) is 0 Å². The molecule has 0 fully saturated rings. The molecule has 1 amide bonds. The number of amides is 1. The van der Waals surface area contributed by atoms with Crippen molar-refractivity contribution < 1.29 is 14.3 Å². The third-order valence-corrected chi connectivity index (χ3v) is 4.25. The van der Waals surface area contributed by atoms with Gasteiger partial charge in [0, 0.05) is 30.2 Å². The number of carbonyl (C=O) groups is 1. The normalized spacial score (nSPS) is 10.7. The summed E-state index contributed by atoms with van der Waals surface area (Å²) in [4.78, 5) is 20.4. The first kappa shape index (κ1) is 19.8. The van der Waals surface area contributed by atoms with Crippen molar-refractivity contribution in [2.75, 3.05) is 12.4 Å². The number of rotatable bonds is 7. The zero-order valence-electron chi connectivity index (χ0n) is 16.7. The number of methoxy groups -OCH3 is 1. The van der Waals surface area contributed by atoms with Crippen LogP contribution in [0.25, 0.3) is 11.9 Å². The lowest BCUT2D eigenvalue weighted by Crippen LogP contribution is -2.07. The second-order valence-corrected chi connectivity index (χ2v) is 6.39. The number of anilines is 1. The van der Waals surface area contributed by atoms with E-state index in [9.17, 15) is 4.79 Å². The Kier molecular flexibility index (Phi) is 5.99. The monoisotopic (exact) mass is 413 g/mol. The fourth-order valence-corrected chi connectivity index (χ4v) is 2.71. The standard InChI is InChI=1S/C23H19N5O3/c1-30-19-8-3-17(4-9-19)5-12-22(29)27-18-6-10-20(11-7-18)31-23-15-21(24-16-25-23)28-14-2-13-26-28/h2-16H,1H3,(H,27,29)/b12-5+. The van der Waals surface area contributed by atoms with Gasteiger partial charge in [-0.15, -0.1) is 0 Å². The van der Waals surface area contributed by atoms with Crippen molar-refractivity contribution in [1.29, 1.82) is 0 Å². The highest BCUT2D eigenvalue weighted by Crippen LogP contribution is 2.22. The Bertz CT molecular complexity index is 1170. The molecule has 2 aromatic carbocycles. The Morgan fingerprint density at radius 1 is 1.03 bits per heavy atom. The molecule has 0 saturated carbocycles. The number of hydrogen-bond donors (Lipinski definition) is 1. The SMILES string of the molecule is COc1ccc(/C=C/C(=O)Nc2ccc(Oc3cc(-n4cccn4)ncn3)cc2)cc1. The van der Waals surface area contributed by atoms with Crippen LogP contribution in [0.4, 0.5) is 5.69 Å². The maximum absolute atomic E-state index is 12.2. The van der Waals surface area contributed by atoms with Gasteiger partial charge in [0.1, 0.15) is 17.8 Å². The van der Waals surface area contributed by atoms with Gasteiger partial charge in [0.2, 0.25) is 11.8 Å². The Morgan fingerprint density at radius 2 is 1.81 bits per heavy atom. The molecular weight excluding hydrogens is 394 g/mol. The van der Waals surface area contributed by atoms with E-state index in [4.69, 9.17) is 9.47 Å². The molecule has 0 unspecified atom stereocenters. The van der Waals surface area contributed by atoms with Gasteiger partial charge in [0.15, 0.2) is 5.82 Å². The minimum atomic E-state index is -0.232. The largest absolute Gasteiger partial charge is 0.497 e. The summed E-state index contributed by atoms with van der Waals surface area (Å²) in [6.07, 6.45) is 8.08. The summed E-state index contributed by atoms with van der Waals surface area (Å²) in [6, 6.07) is 17.9. The molecule has 0 saturated heterocycles. The molecule has 8 nitrogen and oxygen atoms in total. The molecule has 2 heterocycles. The van der Waals surface area contributed by atoms with Gasteiger partial charge in [0.05, 0.1) is 7.11 Å². The second-order valence-electron chi connectivity index (χ2n) is 6.39. The van der Waals surface area contributed by atoms with Gasteiger partial charge < -0.3 is 14.8 Å². The first-order chi connectivity index (χ1) is 15.2. The number of aromatic nitrogens is 4. The quantitative estimate of drug-likeness (QED) is 0.459. The van der Waals surface area contributed by atoms with E-state index in [0.717, 1.165) is 11.3 Å². The summed E-state index contributed by atoms with van der Waals surface area (Å²) < 4.78 is 12.5. The summed E-state index contributed by atoms with van der Waals surface area (Å²) in [5, 5.41) is 6.95. The lowest BCUT2D eigenvalue weighted by atomic mass is 10.2. The number of nitrogens with one attached hydrogen (secondary N) is 1. The first-order valence-corrected chi connectivity index (χ1v) is 9.43. The van der Waals surface area contributed by atoms with E-state index in [1.807, 2.05) is 30.3 Å². The van der Waals surface area contributed by atoms with Gasteiger partial charge in [-0.2, -0.15) is 5.10 Å². The Labute approximate surface area is 178 Å². The molecule has 0 aliphatic rings. The molecule has 0 radical (unpaired) electrons.